The molecule has 2 N–H and O–H groups in total. The molecule has 0 amide bonds. The van der Waals surface area contributed by atoms with Gasteiger partial charge in [0.2, 0.25) is 0 Å². The first-order valence-electron chi connectivity index (χ1n) is 8.01. The van der Waals surface area contributed by atoms with Crippen LogP contribution in [0.1, 0.15) is 49.3 Å². The second-order valence-corrected chi connectivity index (χ2v) is 6.27. The number of nitrogens with one attached hydrogen (secondary N) is 1. The molecule has 0 spiro atoms. The van der Waals surface area contributed by atoms with E-state index in [0.29, 0.717) is 0 Å². The number of aliphatic hydroxyl groups is 1. The zero-order chi connectivity index (χ0) is 13.9. The number of fused-ring (bicyclic) bond motifs is 1. The highest BCUT2D eigenvalue weighted by Crippen LogP contribution is 2.30. The average Bonchev–Trinajstić information content (AvgIpc) is 2.75. The minimum absolute atomic E-state index is 0.219. The smallest absolute Gasteiger partial charge is 0.0943 e. The first kappa shape index (κ1) is 13.9. The van der Waals surface area contributed by atoms with Crippen molar-refractivity contribution in [1.82, 2.24) is 5.32 Å². The van der Waals surface area contributed by atoms with Gasteiger partial charge in [0, 0.05) is 25.3 Å². The van der Waals surface area contributed by atoms with Crippen molar-refractivity contribution in [2.45, 2.75) is 50.7 Å². The fourth-order valence-electron chi connectivity index (χ4n) is 3.55. The number of aryl methyl sites for hydroxylation is 1. The van der Waals surface area contributed by atoms with Crippen LogP contribution in [0.3, 0.4) is 0 Å². The largest absolute Gasteiger partial charge is 0.387 e. The van der Waals surface area contributed by atoms with Gasteiger partial charge in [0.15, 0.2) is 0 Å². The Hall–Kier alpha value is -1.06. The Morgan fingerprint density at radius 2 is 2.15 bits per heavy atom. The topological polar surface area (TPSA) is 35.5 Å². The normalized spacial score (nSPS) is 24.9. The number of aliphatic hydroxyl groups excluding tert-OH is 1. The Labute approximate surface area is 122 Å². The highest BCUT2D eigenvalue weighted by molar-refractivity contribution is 5.56. The first-order chi connectivity index (χ1) is 9.75. The summed E-state index contributed by atoms with van der Waals surface area (Å²) in [4.78, 5) is 2.32. The predicted octanol–water partition coefficient (Wildman–Crippen LogP) is 2.63. The Kier molecular flexibility index (Phi) is 4.27. The molecule has 0 radical (unpaired) electrons. The minimum atomic E-state index is -0.370. The summed E-state index contributed by atoms with van der Waals surface area (Å²) in [5.41, 5.74) is 3.81. The second kappa shape index (κ2) is 6.15. The van der Waals surface area contributed by atoms with Gasteiger partial charge in [0.25, 0.3) is 0 Å². The minimum Gasteiger partial charge on any atom is -0.387 e. The molecule has 2 aliphatic rings. The number of rotatable bonds is 2. The fourth-order valence-corrected chi connectivity index (χ4v) is 3.55. The molecule has 0 aromatic heterocycles. The van der Waals surface area contributed by atoms with Crippen LogP contribution in [0.15, 0.2) is 18.2 Å². The maximum Gasteiger partial charge on any atom is 0.0943 e. The molecular weight excluding hydrogens is 248 g/mol. The molecule has 0 aliphatic carbocycles. The lowest BCUT2D eigenvalue weighted by Crippen LogP contribution is -2.34. The van der Waals surface area contributed by atoms with Gasteiger partial charge in [-0.2, -0.15) is 0 Å². The van der Waals surface area contributed by atoms with E-state index in [9.17, 15) is 5.11 Å². The van der Waals surface area contributed by atoms with E-state index in [1.807, 2.05) is 0 Å². The summed E-state index contributed by atoms with van der Waals surface area (Å²) in [5, 5.41) is 14.2. The van der Waals surface area contributed by atoms with Crippen LogP contribution in [-0.4, -0.2) is 31.3 Å². The van der Waals surface area contributed by atoms with Gasteiger partial charge in [0.1, 0.15) is 0 Å². The van der Waals surface area contributed by atoms with Crippen LogP contribution < -0.4 is 10.2 Å². The molecule has 2 heterocycles. The molecule has 1 saturated heterocycles. The molecular formula is C17H26N2O. The highest BCUT2D eigenvalue weighted by atomic mass is 16.3. The molecule has 2 aliphatic heterocycles. The summed E-state index contributed by atoms with van der Waals surface area (Å²) >= 11 is 0. The van der Waals surface area contributed by atoms with Crippen molar-refractivity contribution in [3.05, 3.63) is 29.3 Å². The van der Waals surface area contributed by atoms with Crippen molar-refractivity contribution in [3.8, 4) is 0 Å². The van der Waals surface area contributed by atoms with Crippen LogP contribution >= 0.6 is 0 Å². The predicted molar refractivity (Wildman–Crippen MR) is 83.3 cm³/mol. The van der Waals surface area contributed by atoms with Gasteiger partial charge in [-0.1, -0.05) is 25.0 Å². The lowest BCUT2D eigenvalue weighted by molar-refractivity contribution is 0.126. The van der Waals surface area contributed by atoms with Gasteiger partial charge in [-0.25, -0.2) is 0 Å². The van der Waals surface area contributed by atoms with Gasteiger partial charge in [-0.15, -0.1) is 0 Å². The van der Waals surface area contributed by atoms with Crippen LogP contribution in [0.4, 0.5) is 5.69 Å². The maximum absolute atomic E-state index is 10.7. The Morgan fingerprint density at radius 3 is 3.05 bits per heavy atom. The molecule has 3 rings (SSSR count). The summed E-state index contributed by atoms with van der Waals surface area (Å²) in [7, 11) is 2.15. The summed E-state index contributed by atoms with van der Waals surface area (Å²) in [5.74, 6) is 0. The summed E-state index contributed by atoms with van der Waals surface area (Å²) in [6.45, 7) is 2.18. The van der Waals surface area contributed by atoms with Crippen LogP contribution in [0.2, 0.25) is 0 Å². The lowest BCUT2D eigenvalue weighted by atomic mass is 9.93. The van der Waals surface area contributed by atoms with Crippen LogP contribution in [-0.2, 0) is 6.42 Å². The van der Waals surface area contributed by atoms with Gasteiger partial charge in [-0.3, -0.25) is 0 Å². The Balaban J connectivity index is 1.79. The van der Waals surface area contributed by atoms with Crippen molar-refractivity contribution in [2.24, 2.45) is 0 Å². The van der Waals surface area contributed by atoms with Gasteiger partial charge >= 0.3 is 0 Å². The zero-order valence-electron chi connectivity index (χ0n) is 12.4. The summed E-state index contributed by atoms with van der Waals surface area (Å²) in [6, 6.07) is 6.74. The molecule has 2 unspecified atom stereocenters. The molecule has 2 atom stereocenters. The number of hydrogen-bond acceptors (Lipinski definition) is 3. The highest BCUT2D eigenvalue weighted by Gasteiger charge is 2.23. The molecule has 3 heteroatoms. The van der Waals surface area contributed by atoms with E-state index in [-0.39, 0.29) is 12.1 Å². The Bertz CT molecular complexity index is 452. The molecule has 0 saturated carbocycles. The molecule has 110 valence electrons. The van der Waals surface area contributed by atoms with Gasteiger partial charge in [0.05, 0.1) is 6.10 Å². The third-order valence-corrected chi connectivity index (χ3v) is 4.78. The number of nitrogens with zero attached hydrogens (tertiary/aromatic N) is 1. The second-order valence-electron chi connectivity index (χ2n) is 6.27. The van der Waals surface area contributed by atoms with Gasteiger partial charge in [-0.05, 0) is 49.4 Å². The number of anilines is 1. The van der Waals surface area contributed by atoms with Crippen molar-refractivity contribution < 1.29 is 5.11 Å². The number of hydrogen-bond donors (Lipinski definition) is 2. The SMILES string of the molecule is CN1CCCc2cc(C(O)C3CCCCCN3)ccc21. The van der Waals surface area contributed by atoms with Crippen LogP contribution in [0.5, 0.6) is 0 Å². The van der Waals surface area contributed by atoms with E-state index in [1.54, 1.807) is 0 Å². The average molecular weight is 274 g/mol. The third-order valence-electron chi connectivity index (χ3n) is 4.78. The molecule has 0 bridgehead atoms. The Morgan fingerprint density at radius 1 is 1.25 bits per heavy atom. The van der Waals surface area contributed by atoms with Crippen LogP contribution in [0.25, 0.3) is 0 Å². The van der Waals surface area contributed by atoms with E-state index in [1.165, 1.54) is 36.9 Å². The quantitative estimate of drug-likeness (QED) is 0.870. The van der Waals surface area contributed by atoms with Crippen molar-refractivity contribution in [3.63, 3.8) is 0 Å². The summed E-state index contributed by atoms with van der Waals surface area (Å²) in [6.07, 6.45) is 6.80. The maximum atomic E-state index is 10.7. The zero-order valence-corrected chi connectivity index (χ0v) is 12.4. The molecule has 3 nitrogen and oxygen atoms in total. The van der Waals surface area contributed by atoms with E-state index in [0.717, 1.165) is 31.5 Å². The lowest BCUT2D eigenvalue weighted by Gasteiger charge is -2.29. The fraction of sp³-hybridized carbons (Fsp3) is 0.647. The van der Waals surface area contributed by atoms with Crippen molar-refractivity contribution in [1.29, 1.82) is 0 Å². The van der Waals surface area contributed by atoms with Crippen molar-refractivity contribution in [2.75, 3.05) is 25.0 Å². The molecule has 1 aromatic carbocycles. The molecule has 1 fully saturated rings. The third kappa shape index (κ3) is 2.84. The molecule has 20 heavy (non-hydrogen) atoms. The van der Waals surface area contributed by atoms with E-state index < -0.39 is 0 Å². The van der Waals surface area contributed by atoms with Crippen LogP contribution in [0, 0.1) is 0 Å². The van der Waals surface area contributed by atoms with Crippen molar-refractivity contribution >= 4 is 5.69 Å². The standard InChI is InChI=1S/C17H26N2O/c1-19-11-5-6-13-12-14(8-9-16(13)19)17(20)15-7-3-2-4-10-18-15/h8-9,12,15,17-18,20H,2-7,10-11H2,1H3. The van der Waals surface area contributed by atoms with E-state index >= 15 is 0 Å². The number of benzene rings is 1. The molecule has 1 aromatic rings. The van der Waals surface area contributed by atoms with Gasteiger partial charge < -0.3 is 15.3 Å². The summed E-state index contributed by atoms with van der Waals surface area (Å²) < 4.78 is 0. The first-order valence-corrected chi connectivity index (χ1v) is 8.01. The monoisotopic (exact) mass is 274 g/mol. The van der Waals surface area contributed by atoms with E-state index in [2.05, 4.69) is 35.5 Å². The van der Waals surface area contributed by atoms with E-state index in [4.69, 9.17) is 0 Å².